The molecule has 34 nitrogen and oxygen atoms in total. The van der Waals surface area contributed by atoms with Crippen LogP contribution in [0.4, 0.5) is 0 Å². The van der Waals surface area contributed by atoms with Crippen LogP contribution in [0.1, 0.15) is 220 Å². The van der Waals surface area contributed by atoms with Gasteiger partial charge >= 0.3 is 5.97 Å². The lowest BCUT2D eigenvalue weighted by Gasteiger charge is -2.52. The van der Waals surface area contributed by atoms with E-state index >= 15 is 0 Å². The number of unbranched alkanes of at least 4 members (excludes halogenated alkanes) is 24. The van der Waals surface area contributed by atoms with E-state index in [2.05, 4.69) is 31.4 Å². The Balaban J connectivity index is 1.28. The number of hydrogen-bond donors (Lipinski definition) is 21. The van der Waals surface area contributed by atoms with Gasteiger partial charge in [-0.25, -0.2) is 4.79 Å². The lowest BCUT2D eigenvalue weighted by atomic mass is 9.87. The molecular weight excluding hydrogens is 1420 g/mol. The van der Waals surface area contributed by atoms with Crippen molar-refractivity contribution < 1.29 is 159 Å². The molecule has 5 saturated heterocycles. The highest BCUT2D eigenvalue weighted by Gasteiger charge is 2.62. The van der Waals surface area contributed by atoms with Gasteiger partial charge in [0.05, 0.1) is 63.9 Å². The Morgan fingerprint density at radius 2 is 0.897 bits per heavy atom. The van der Waals surface area contributed by atoms with Crippen molar-refractivity contribution in [2.45, 2.75) is 398 Å². The molecule has 0 saturated carbocycles. The molecule has 0 unspecified atom stereocenters. The van der Waals surface area contributed by atoms with Gasteiger partial charge in [-0.1, -0.05) is 194 Å². The van der Waals surface area contributed by atoms with Gasteiger partial charge in [0.15, 0.2) is 25.2 Å². The van der Waals surface area contributed by atoms with Gasteiger partial charge in [-0.3, -0.25) is 9.59 Å². The Kier molecular flexibility index (Phi) is 44.2. The van der Waals surface area contributed by atoms with Crippen molar-refractivity contribution in [2.24, 2.45) is 5.92 Å². The minimum Gasteiger partial charge on any atom is -0.477 e. The number of amides is 2. The molecule has 0 aliphatic carbocycles. The molecule has 0 radical (unpaired) electrons. The SMILES string of the molecule is CCCCCCCCCCCCCCCCCCCC[C@@H](O)C(=O)N[C@@H](CO[C@@H]1O[C@H](CO)[C@@H](O[C@@H]2O[C@H](CO)[C@H](O)[C@H](O[C@]3(C(=O)O)C[C@H](O[C@H]4O[C@H](CO)[C@H](O)[C@H](O[C@@H]5O[C@@H](CO)[C@H](O)[C@H]5O)[C@H]4O)[C@@H](NC(C)=O)[C@H]([C@H](O)[C@H](O)CO)O3)[C@H]2O)[C@H](O)[C@H]1O)[C@H](O)[C@H](O)CCCCCCCCCCC(C)C. The minimum absolute atomic E-state index is 0.0908. The molecule has 34 heteroatoms. The Bertz CT molecular complexity index is 2420. The first-order chi connectivity index (χ1) is 51.1. The average Bonchev–Trinajstić information content (AvgIpc) is 1.71. The molecular formula is C73H134N2O32. The lowest BCUT2D eigenvalue weighted by molar-refractivity contribution is -0.393. The van der Waals surface area contributed by atoms with Crippen LogP contribution in [0.25, 0.3) is 0 Å². The monoisotopic (exact) mass is 1550 g/mol. The molecule has 5 rings (SSSR count). The molecule has 628 valence electrons. The number of carbonyl (C=O) groups is 3. The van der Waals surface area contributed by atoms with Crippen molar-refractivity contribution in [3.63, 3.8) is 0 Å². The van der Waals surface area contributed by atoms with Gasteiger partial charge < -0.3 is 155 Å². The highest BCUT2D eigenvalue weighted by molar-refractivity contribution is 5.80. The summed E-state index contributed by atoms with van der Waals surface area (Å²) in [5.41, 5.74) is 0. The van der Waals surface area contributed by atoms with Crippen molar-refractivity contribution in [3.05, 3.63) is 0 Å². The van der Waals surface area contributed by atoms with Crippen LogP contribution in [0.3, 0.4) is 0 Å². The number of rotatable bonds is 54. The topological polar surface area (TPSA) is 552 Å². The maximum atomic E-state index is 13.9. The van der Waals surface area contributed by atoms with Gasteiger partial charge in [-0.05, 0) is 18.8 Å². The zero-order chi connectivity index (χ0) is 78.9. The molecule has 2 amide bonds. The molecule has 29 atom stereocenters. The number of carboxylic acids is 1. The number of aliphatic hydroxyl groups excluding tert-OH is 18. The molecule has 5 aliphatic rings. The fourth-order valence-corrected chi connectivity index (χ4v) is 14.5. The van der Waals surface area contributed by atoms with E-state index in [4.69, 9.17) is 47.4 Å². The Morgan fingerprint density at radius 3 is 1.36 bits per heavy atom. The largest absolute Gasteiger partial charge is 0.477 e. The molecule has 0 spiro atoms. The van der Waals surface area contributed by atoms with Gasteiger partial charge in [0, 0.05) is 13.3 Å². The molecule has 5 fully saturated rings. The predicted molar refractivity (Wildman–Crippen MR) is 377 cm³/mol. The van der Waals surface area contributed by atoms with Crippen LogP contribution in [0.15, 0.2) is 0 Å². The number of nitrogens with one attached hydrogen (secondary N) is 2. The van der Waals surface area contributed by atoms with Crippen LogP contribution >= 0.6 is 0 Å². The third-order valence-corrected chi connectivity index (χ3v) is 21.1. The van der Waals surface area contributed by atoms with Gasteiger partial charge in [0.2, 0.25) is 11.8 Å². The molecule has 107 heavy (non-hydrogen) atoms. The van der Waals surface area contributed by atoms with E-state index in [9.17, 15) is 111 Å². The third-order valence-electron chi connectivity index (χ3n) is 21.1. The number of aliphatic hydroxyl groups is 18. The van der Waals surface area contributed by atoms with Crippen LogP contribution in [0, 0.1) is 5.92 Å². The number of ether oxygens (including phenoxy) is 10. The first-order valence-electron chi connectivity index (χ1n) is 39.4. The van der Waals surface area contributed by atoms with Crippen LogP contribution in [-0.4, -0.2) is 332 Å². The van der Waals surface area contributed by atoms with Crippen molar-refractivity contribution >= 4 is 17.8 Å². The van der Waals surface area contributed by atoms with Gasteiger partial charge in [0.25, 0.3) is 5.79 Å². The number of carbonyl (C=O) groups excluding carboxylic acids is 2. The molecule has 5 aliphatic heterocycles. The fourth-order valence-electron chi connectivity index (χ4n) is 14.5. The van der Waals surface area contributed by atoms with Gasteiger partial charge in [-0.15, -0.1) is 0 Å². The van der Waals surface area contributed by atoms with Crippen LogP contribution in [0.5, 0.6) is 0 Å². The number of carboxylic acid groups (broad SMARTS) is 1. The van der Waals surface area contributed by atoms with Crippen molar-refractivity contribution in [3.8, 4) is 0 Å². The summed E-state index contributed by atoms with van der Waals surface area (Å²) >= 11 is 0. The maximum absolute atomic E-state index is 13.9. The first kappa shape index (κ1) is 94.9. The van der Waals surface area contributed by atoms with Crippen molar-refractivity contribution in [1.82, 2.24) is 10.6 Å². The molecule has 0 aromatic rings. The smallest absolute Gasteiger partial charge is 0.364 e. The average molecular weight is 1550 g/mol. The Morgan fingerprint density at radius 1 is 0.477 bits per heavy atom. The van der Waals surface area contributed by atoms with E-state index in [1.54, 1.807) is 0 Å². The molecule has 5 heterocycles. The molecule has 0 aromatic carbocycles. The quantitative estimate of drug-likeness (QED) is 0.0313. The van der Waals surface area contributed by atoms with Gasteiger partial charge in [-0.2, -0.15) is 0 Å². The highest BCUT2D eigenvalue weighted by Crippen LogP contribution is 2.42. The van der Waals surface area contributed by atoms with Gasteiger partial charge in [0.1, 0.15) is 122 Å². The summed E-state index contributed by atoms with van der Waals surface area (Å²) in [7, 11) is 0. The van der Waals surface area contributed by atoms with E-state index in [1.165, 1.54) is 89.9 Å². The molecule has 0 aromatic heterocycles. The highest BCUT2D eigenvalue weighted by atomic mass is 16.8. The summed E-state index contributed by atoms with van der Waals surface area (Å²) in [6.07, 6.45) is -23.3. The normalized spacial score (nSPS) is 34.5. The first-order valence-corrected chi connectivity index (χ1v) is 39.4. The maximum Gasteiger partial charge on any atom is 0.364 e. The summed E-state index contributed by atoms with van der Waals surface area (Å²) in [6, 6.07) is -3.34. The van der Waals surface area contributed by atoms with Crippen molar-refractivity contribution in [1.29, 1.82) is 0 Å². The second-order valence-corrected chi connectivity index (χ2v) is 30.2. The lowest BCUT2D eigenvalue weighted by Crippen LogP contribution is -2.72. The Hall–Kier alpha value is -2.71. The summed E-state index contributed by atoms with van der Waals surface area (Å²) in [6.45, 7) is 1.54. The number of aliphatic carboxylic acids is 1. The van der Waals surface area contributed by atoms with Crippen LogP contribution in [-0.2, 0) is 61.8 Å². The number of hydrogen-bond acceptors (Lipinski definition) is 31. The standard InChI is InChI=1S/C73H134N2O32/c1-5-6-7-8-9-10-11-12-13-14-15-16-17-18-19-24-27-30-33-45(83)67(95)75-43(53(85)44(82)32-29-26-23-21-20-22-25-28-31-41(2)3)40-98-68-60(92)58(90)63(51(39-80)103-68)104-71-62(94)66(57(89)50(38-79)102-71)107-73(72(96)97)34-47(52(74-42(4)81)64(106-73)54(86)46(84)35-76)99-70-61(93)65(56(88)49(37-78)101-70)105-69-59(91)55(87)48(36-77)100-69/h41,43-66,68-71,76-80,82-94H,5-40H2,1-4H3,(H,74,81)(H,75,95)(H,96,97)/t43-,44+,45+,46+,47-,48-,49+,50+,51+,52+,53-,54+,55-,56-,57-,58+,59+,60+,61+,62+,63+,64+,65-,66-,68+,69-,70-,71-,73-/m0/s1. The summed E-state index contributed by atoms with van der Waals surface area (Å²) in [5, 5.41) is 215. The molecule has 0 bridgehead atoms. The summed E-state index contributed by atoms with van der Waals surface area (Å²) in [4.78, 5) is 40.5. The molecule has 21 N–H and O–H groups in total. The second kappa shape index (κ2) is 49.8. The van der Waals surface area contributed by atoms with E-state index in [0.29, 0.717) is 18.8 Å². The third kappa shape index (κ3) is 29.3. The van der Waals surface area contributed by atoms with E-state index in [-0.39, 0.29) is 12.8 Å². The van der Waals surface area contributed by atoms with E-state index < -0.39 is 241 Å². The van der Waals surface area contributed by atoms with Crippen LogP contribution in [0.2, 0.25) is 0 Å². The predicted octanol–water partition coefficient (Wildman–Crippen LogP) is -1.36. The summed E-state index contributed by atoms with van der Waals surface area (Å²) < 4.78 is 58.2. The fraction of sp³-hybridized carbons (Fsp3) is 0.959. The zero-order valence-corrected chi connectivity index (χ0v) is 63.0. The minimum atomic E-state index is -3.41. The van der Waals surface area contributed by atoms with E-state index in [1.807, 2.05) is 0 Å². The van der Waals surface area contributed by atoms with E-state index in [0.717, 1.165) is 77.6 Å². The Labute approximate surface area is 628 Å². The zero-order valence-electron chi connectivity index (χ0n) is 63.0. The van der Waals surface area contributed by atoms with Crippen LogP contribution < -0.4 is 10.6 Å². The summed E-state index contributed by atoms with van der Waals surface area (Å²) in [5.74, 6) is -6.74. The van der Waals surface area contributed by atoms with Crippen molar-refractivity contribution in [2.75, 3.05) is 39.6 Å². The second-order valence-electron chi connectivity index (χ2n) is 30.2.